The molecule has 1 spiro atoms. The minimum Gasteiger partial charge on any atom is -0.379 e. The van der Waals surface area contributed by atoms with Crippen LogP contribution in [0.2, 0.25) is 0 Å². The SMILES string of the molecule is CC(=O)CCN1CCCC12CCOC2. The summed E-state index contributed by atoms with van der Waals surface area (Å²) in [6.45, 7) is 5.53. The average Bonchev–Trinajstić information content (AvgIpc) is 2.74. The Labute approximate surface area is 85.4 Å². The minimum absolute atomic E-state index is 0.297. The maximum atomic E-state index is 10.9. The first-order valence-corrected chi connectivity index (χ1v) is 5.55. The van der Waals surface area contributed by atoms with Gasteiger partial charge in [-0.1, -0.05) is 0 Å². The van der Waals surface area contributed by atoms with Gasteiger partial charge in [-0.3, -0.25) is 9.69 Å². The van der Waals surface area contributed by atoms with E-state index >= 15 is 0 Å². The third-order valence-corrected chi connectivity index (χ3v) is 3.56. The summed E-state index contributed by atoms with van der Waals surface area (Å²) in [5.41, 5.74) is 0.301. The minimum atomic E-state index is 0.297. The molecule has 1 atom stereocenters. The van der Waals surface area contributed by atoms with Gasteiger partial charge in [-0.15, -0.1) is 0 Å². The largest absolute Gasteiger partial charge is 0.379 e. The third kappa shape index (κ3) is 1.84. The van der Waals surface area contributed by atoms with E-state index in [9.17, 15) is 4.79 Å². The van der Waals surface area contributed by atoms with Crippen molar-refractivity contribution in [1.29, 1.82) is 0 Å². The van der Waals surface area contributed by atoms with E-state index in [1.165, 1.54) is 12.8 Å². The molecule has 2 aliphatic heterocycles. The highest BCUT2D eigenvalue weighted by Crippen LogP contribution is 2.36. The molecule has 0 aromatic rings. The third-order valence-electron chi connectivity index (χ3n) is 3.56. The number of rotatable bonds is 3. The summed E-state index contributed by atoms with van der Waals surface area (Å²) in [5.74, 6) is 0.297. The van der Waals surface area contributed by atoms with Crippen LogP contribution in [0.1, 0.15) is 32.6 Å². The molecule has 2 heterocycles. The summed E-state index contributed by atoms with van der Waals surface area (Å²) < 4.78 is 5.49. The summed E-state index contributed by atoms with van der Waals surface area (Å²) in [6.07, 6.45) is 4.37. The number of Topliss-reactive ketones (excluding diaryl/α,β-unsaturated/α-hetero) is 1. The van der Waals surface area contributed by atoms with Gasteiger partial charge in [-0.25, -0.2) is 0 Å². The number of carbonyl (C=O) groups excluding carboxylic acids is 1. The molecule has 3 nitrogen and oxygen atoms in total. The van der Waals surface area contributed by atoms with Crippen molar-refractivity contribution in [2.24, 2.45) is 0 Å². The Morgan fingerprint density at radius 1 is 1.50 bits per heavy atom. The Hall–Kier alpha value is -0.410. The first kappa shape index (κ1) is 10.1. The lowest BCUT2D eigenvalue weighted by Crippen LogP contribution is -2.45. The summed E-state index contributed by atoms with van der Waals surface area (Å²) in [5, 5.41) is 0. The monoisotopic (exact) mass is 197 g/mol. The number of likely N-dealkylation sites (tertiary alicyclic amines) is 1. The molecule has 3 heteroatoms. The molecule has 2 fully saturated rings. The van der Waals surface area contributed by atoms with Gasteiger partial charge in [0.25, 0.3) is 0 Å². The first-order chi connectivity index (χ1) is 6.73. The number of hydrogen-bond acceptors (Lipinski definition) is 3. The van der Waals surface area contributed by atoms with Crippen molar-refractivity contribution in [2.75, 3.05) is 26.3 Å². The summed E-state index contributed by atoms with van der Waals surface area (Å²) >= 11 is 0. The fourth-order valence-corrected chi connectivity index (χ4v) is 2.68. The molecule has 1 unspecified atom stereocenters. The Morgan fingerprint density at radius 3 is 3.00 bits per heavy atom. The quantitative estimate of drug-likeness (QED) is 0.681. The van der Waals surface area contributed by atoms with Crippen molar-refractivity contribution in [3.05, 3.63) is 0 Å². The predicted molar refractivity (Wildman–Crippen MR) is 54.3 cm³/mol. The second-order valence-corrected chi connectivity index (χ2v) is 4.57. The lowest BCUT2D eigenvalue weighted by atomic mass is 9.95. The van der Waals surface area contributed by atoms with Gasteiger partial charge in [-0.05, 0) is 32.7 Å². The fraction of sp³-hybridized carbons (Fsp3) is 0.909. The fourth-order valence-electron chi connectivity index (χ4n) is 2.68. The van der Waals surface area contributed by atoms with Gasteiger partial charge in [0.15, 0.2) is 0 Å². The number of ketones is 1. The Bertz CT molecular complexity index is 216. The van der Waals surface area contributed by atoms with Gasteiger partial charge in [0.05, 0.1) is 6.61 Å². The normalized spacial score (nSPS) is 32.9. The van der Waals surface area contributed by atoms with E-state index in [4.69, 9.17) is 4.74 Å². The van der Waals surface area contributed by atoms with Crippen molar-refractivity contribution in [2.45, 2.75) is 38.1 Å². The van der Waals surface area contributed by atoms with E-state index in [2.05, 4.69) is 4.90 Å². The molecule has 0 radical (unpaired) electrons. The van der Waals surface area contributed by atoms with Crippen LogP contribution in [-0.4, -0.2) is 42.5 Å². The van der Waals surface area contributed by atoms with E-state index in [1.807, 2.05) is 0 Å². The highest BCUT2D eigenvalue weighted by atomic mass is 16.5. The molecule has 80 valence electrons. The second kappa shape index (κ2) is 3.99. The summed E-state index contributed by atoms with van der Waals surface area (Å²) in [4.78, 5) is 13.4. The van der Waals surface area contributed by atoms with Gasteiger partial charge < -0.3 is 4.74 Å². The average molecular weight is 197 g/mol. The van der Waals surface area contributed by atoms with Crippen LogP contribution in [0, 0.1) is 0 Å². The number of carbonyl (C=O) groups is 1. The van der Waals surface area contributed by atoms with E-state index in [0.717, 1.165) is 32.7 Å². The topological polar surface area (TPSA) is 29.5 Å². The molecule has 14 heavy (non-hydrogen) atoms. The molecule has 0 aliphatic carbocycles. The van der Waals surface area contributed by atoms with Crippen LogP contribution >= 0.6 is 0 Å². The standard InChI is InChI=1S/C11H19NO2/c1-10(13)3-7-12-6-2-4-11(12)5-8-14-9-11/h2-9H2,1H3. The Morgan fingerprint density at radius 2 is 2.36 bits per heavy atom. The van der Waals surface area contributed by atoms with Crippen LogP contribution in [0.15, 0.2) is 0 Å². The molecule has 0 aromatic heterocycles. The van der Waals surface area contributed by atoms with Gasteiger partial charge in [0.1, 0.15) is 5.78 Å². The van der Waals surface area contributed by atoms with E-state index in [0.29, 0.717) is 17.7 Å². The second-order valence-electron chi connectivity index (χ2n) is 4.57. The predicted octanol–water partition coefficient (Wildman–Crippen LogP) is 1.22. The van der Waals surface area contributed by atoms with Crippen molar-refractivity contribution >= 4 is 5.78 Å². The molecular formula is C11H19NO2. The van der Waals surface area contributed by atoms with Crippen LogP contribution < -0.4 is 0 Å². The van der Waals surface area contributed by atoms with Crippen LogP contribution in [0.25, 0.3) is 0 Å². The first-order valence-electron chi connectivity index (χ1n) is 5.55. The zero-order valence-electron chi connectivity index (χ0n) is 8.92. The smallest absolute Gasteiger partial charge is 0.131 e. The molecule has 0 aromatic carbocycles. The molecule has 2 saturated heterocycles. The van der Waals surface area contributed by atoms with E-state index in [-0.39, 0.29) is 0 Å². The van der Waals surface area contributed by atoms with E-state index < -0.39 is 0 Å². The molecule has 0 N–H and O–H groups in total. The van der Waals surface area contributed by atoms with Crippen molar-refractivity contribution < 1.29 is 9.53 Å². The van der Waals surface area contributed by atoms with Crippen LogP contribution in [0.5, 0.6) is 0 Å². The van der Waals surface area contributed by atoms with Gasteiger partial charge >= 0.3 is 0 Å². The van der Waals surface area contributed by atoms with Crippen LogP contribution in [-0.2, 0) is 9.53 Å². The summed E-state index contributed by atoms with van der Waals surface area (Å²) in [7, 11) is 0. The van der Waals surface area contributed by atoms with Gasteiger partial charge in [-0.2, -0.15) is 0 Å². The highest BCUT2D eigenvalue weighted by Gasteiger charge is 2.43. The lowest BCUT2D eigenvalue weighted by Gasteiger charge is -2.33. The molecular weight excluding hydrogens is 178 g/mol. The molecule has 0 saturated carbocycles. The Kier molecular flexibility index (Phi) is 2.88. The van der Waals surface area contributed by atoms with Crippen LogP contribution in [0.3, 0.4) is 0 Å². The van der Waals surface area contributed by atoms with E-state index in [1.54, 1.807) is 6.92 Å². The highest BCUT2D eigenvalue weighted by molar-refractivity contribution is 5.75. The number of nitrogens with zero attached hydrogens (tertiary/aromatic N) is 1. The molecule has 2 rings (SSSR count). The number of ether oxygens (including phenoxy) is 1. The lowest BCUT2D eigenvalue weighted by molar-refractivity contribution is -0.117. The van der Waals surface area contributed by atoms with Gasteiger partial charge in [0.2, 0.25) is 0 Å². The van der Waals surface area contributed by atoms with Crippen molar-refractivity contribution in [3.8, 4) is 0 Å². The summed E-state index contributed by atoms with van der Waals surface area (Å²) in [6, 6.07) is 0. The van der Waals surface area contributed by atoms with Gasteiger partial charge in [0, 0.05) is 25.1 Å². The van der Waals surface area contributed by atoms with Crippen LogP contribution in [0.4, 0.5) is 0 Å². The van der Waals surface area contributed by atoms with Crippen molar-refractivity contribution in [1.82, 2.24) is 4.90 Å². The zero-order chi connectivity index (χ0) is 10.0. The molecule has 0 bridgehead atoms. The molecule has 2 aliphatic rings. The maximum Gasteiger partial charge on any atom is 0.131 e. The van der Waals surface area contributed by atoms with Crippen molar-refractivity contribution in [3.63, 3.8) is 0 Å². The Balaban J connectivity index is 1.93. The number of hydrogen-bond donors (Lipinski definition) is 0. The molecule has 0 amide bonds. The maximum absolute atomic E-state index is 10.9. The zero-order valence-corrected chi connectivity index (χ0v) is 8.92.